The predicted octanol–water partition coefficient (Wildman–Crippen LogP) is 3.10. The van der Waals surface area contributed by atoms with Gasteiger partial charge >= 0.3 is 0 Å². The zero-order valence-electron chi connectivity index (χ0n) is 16.1. The molecule has 1 unspecified atom stereocenters. The van der Waals surface area contributed by atoms with Crippen molar-refractivity contribution in [2.45, 2.75) is 59.4 Å². The fourth-order valence-corrected chi connectivity index (χ4v) is 2.96. The summed E-state index contributed by atoms with van der Waals surface area (Å²) < 4.78 is 5.37. The number of rotatable bonds is 10. The van der Waals surface area contributed by atoms with Crippen LogP contribution in [-0.4, -0.2) is 62.8 Å². The van der Waals surface area contributed by atoms with Crippen LogP contribution in [0.5, 0.6) is 0 Å². The van der Waals surface area contributed by atoms with Gasteiger partial charge in [0.15, 0.2) is 5.96 Å². The molecule has 1 atom stereocenters. The minimum atomic E-state index is 0. The van der Waals surface area contributed by atoms with Crippen LogP contribution in [0.25, 0.3) is 0 Å². The number of likely N-dealkylation sites (tertiary alicyclic amines) is 1. The van der Waals surface area contributed by atoms with Gasteiger partial charge < -0.3 is 20.3 Å². The molecule has 0 aromatic rings. The van der Waals surface area contributed by atoms with Gasteiger partial charge in [-0.3, -0.25) is 4.99 Å². The van der Waals surface area contributed by atoms with Crippen molar-refractivity contribution in [3.8, 4) is 0 Å². The second-order valence-corrected chi connectivity index (χ2v) is 6.65. The van der Waals surface area contributed by atoms with Crippen molar-refractivity contribution in [3.63, 3.8) is 0 Å². The number of hydrogen-bond acceptors (Lipinski definition) is 3. The summed E-state index contributed by atoms with van der Waals surface area (Å²) >= 11 is 0. The number of aliphatic imine (C=N–C) groups is 1. The molecule has 0 aromatic heterocycles. The molecule has 144 valence electrons. The highest BCUT2D eigenvalue weighted by atomic mass is 127. The number of nitrogens with zero attached hydrogens (tertiary/aromatic N) is 2. The Balaban J connectivity index is 0.00000529. The summed E-state index contributed by atoms with van der Waals surface area (Å²) in [6.45, 7) is 15.6. The van der Waals surface area contributed by atoms with Gasteiger partial charge in [-0.25, -0.2) is 0 Å². The summed E-state index contributed by atoms with van der Waals surface area (Å²) in [5.74, 6) is 1.66. The maximum atomic E-state index is 5.37. The Bertz CT molecular complexity index is 326. The molecule has 2 N–H and O–H groups in total. The van der Waals surface area contributed by atoms with Crippen LogP contribution in [0.1, 0.15) is 53.4 Å². The lowest BCUT2D eigenvalue weighted by Gasteiger charge is -2.34. The molecule has 5 nitrogen and oxygen atoms in total. The average molecular weight is 454 g/mol. The van der Waals surface area contributed by atoms with Gasteiger partial charge in [-0.15, -0.1) is 24.0 Å². The first kappa shape index (κ1) is 23.9. The Morgan fingerprint density at radius 1 is 1.25 bits per heavy atom. The number of guanidine groups is 1. The van der Waals surface area contributed by atoms with Crippen molar-refractivity contribution in [3.05, 3.63) is 0 Å². The van der Waals surface area contributed by atoms with Crippen LogP contribution in [0.4, 0.5) is 0 Å². The zero-order valence-corrected chi connectivity index (χ0v) is 18.5. The van der Waals surface area contributed by atoms with Crippen molar-refractivity contribution in [2.75, 3.05) is 45.9 Å². The Morgan fingerprint density at radius 3 is 2.71 bits per heavy atom. The van der Waals surface area contributed by atoms with E-state index in [9.17, 15) is 0 Å². The molecule has 1 aliphatic rings. The summed E-state index contributed by atoms with van der Waals surface area (Å²) in [7, 11) is 0. The molecule has 1 saturated heterocycles. The van der Waals surface area contributed by atoms with E-state index in [1.54, 1.807) is 0 Å². The Kier molecular flexibility index (Phi) is 15.1. The monoisotopic (exact) mass is 454 g/mol. The summed E-state index contributed by atoms with van der Waals surface area (Å²) in [6, 6.07) is 0.651. The van der Waals surface area contributed by atoms with Gasteiger partial charge in [0.05, 0.1) is 0 Å². The molecule has 1 aliphatic heterocycles. The van der Waals surface area contributed by atoms with E-state index in [0.717, 1.165) is 51.6 Å². The van der Waals surface area contributed by atoms with Gasteiger partial charge in [-0.05, 0) is 65.8 Å². The van der Waals surface area contributed by atoms with Gasteiger partial charge in [0, 0.05) is 45.4 Å². The topological polar surface area (TPSA) is 48.9 Å². The smallest absolute Gasteiger partial charge is 0.191 e. The molecule has 1 fully saturated rings. The molecule has 1 rings (SSSR count). The van der Waals surface area contributed by atoms with Gasteiger partial charge in [0.2, 0.25) is 0 Å². The third-order valence-corrected chi connectivity index (χ3v) is 4.34. The fraction of sp³-hybridized carbons (Fsp3) is 0.944. The van der Waals surface area contributed by atoms with Crippen molar-refractivity contribution in [1.29, 1.82) is 0 Å². The lowest BCUT2D eigenvalue weighted by molar-refractivity contribution is 0.143. The van der Waals surface area contributed by atoms with Gasteiger partial charge in [-0.2, -0.15) is 0 Å². The molecule has 1 heterocycles. The Morgan fingerprint density at radius 2 is 2.04 bits per heavy atom. The average Bonchev–Trinajstić information content (AvgIpc) is 2.56. The quantitative estimate of drug-likeness (QED) is 0.231. The SMILES string of the molecule is CCNC(=NCC1CCCN(C(C)C)C1)NCCCCOCC.I. The minimum Gasteiger partial charge on any atom is -0.382 e. The Hall–Kier alpha value is -0.0800. The largest absolute Gasteiger partial charge is 0.382 e. The van der Waals surface area contributed by atoms with E-state index in [4.69, 9.17) is 9.73 Å². The summed E-state index contributed by atoms with van der Waals surface area (Å²) in [5.41, 5.74) is 0. The first-order chi connectivity index (χ1) is 11.2. The van der Waals surface area contributed by atoms with Crippen LogP contribution in [0.2, 0.25) is 0 Å². The van der Waals surface area contributed by atoms with E-state index < -0.39 is 0 Å². The fourth-order valence-electron chi connectivity index (χ4n) is 2.96. The highest BCUT2D eigenvalue weighted by Crippen LogP contribution is 2.18. The van der Waals surface area contributed by atoms with Gasteiger partial charge in [0.1, 0.15) is 0 Å². The molecule has 0 saturated carbocycles. The van der Waals surface area contributed by atoms with E-state index >= 15 is 0 Å². The number of halogens is 1. The van der Waals surface area contributed by atoms with E-state index in [-0.39, 0.29) is 24.0 Å². The Labute approximate surface area is 166 Å². The molecular formula is C18H39IN4O. The van der Waals surface area contributed by atoms with E-state index in [1.165, 1.54) is 25.9 Å². The van der Waals surface area contributed by atoms with Crippen molar-refractivity contribution >= 4 is 29.9 Å². The molecule has 0 bridgehead atoms. The second-order valence-electron chi connectivity index (χ2n) is 6.65. The molecule has 0 radical (unpaired) electrons. The summed E-state index contributed by atoms with van der Waals surface area (Å²) in [5, 5.41) is 6.79. The number of hydrogen-bond donors (Lipinski definition) is 2. The maximum absolute atomic E-state index is 5.37. The summed E-state index contributed by atoms with van der Waals surface area (Å²) in [4.78, 5) is 7.38. The number of nitrogens with one attached hydrogen (secondary N) is 2. The van der Waals surface area contributed by atoms with Gasteiger partial charge in [0.25, 0.3) is 0 Å². The molecule has 0 spiro atoms. The third-order valence-electron chi connectivity index (χ3n) is 4.34. The van der Waals surface area contributed by atoms with Crippen LogP contribution in [0.15, 0.2) is 4.99 Å². The molecule has 24 heavy (non-hydrogen) atoms. The lowest BCUT2D eigenvalue weighted by atomic mass is 9.97. The van der Waals surface area contributed by atoms with Crippen LogP contribution >= 0.6 is 24.0 Å². The zero-order chi connectivity index (χ0) is 16.9. The molecule has 0 amide bonds. The maximum Gasteiger partial charge on any atom is 0.191 e. The van der Waals surface area contributed by atoms with Crippen LogP contribution in [0.3, 0.4) is 0 Å². The minimum absolute atomic E-state index is 0. The molecule has 0 aromatic carbocycles. The molecule has 6 heteroatoms. The van der Waals surface area contributed by atoms with Crippen LogP contribution in [-0.2, 0) is 4.74 Å². The normalized spacial score (nSPS) is 19.2. The molecule has 0 aliphatic carbocycles. The van der Waals surface area contributed by atoms with E-state index in [2.05, 4.69) is 36.3 Å². The highest BCUT2D eigenvalue weighted by Gasteiger charge is 2.21. The van der Waals surface area contributed by atoms with E-state index in [0.29, 0.717) is 12.0 Å². The van der Waals surface area contributed by atoms with Gasteiger partial charge in [-0.1, -0.05) is 0 Å². The van der Waals surface area contributed by atoms with Crippen LogP contribution < -0.4 is 10.6 Å². The molecular weight excluding hydrogens is 415 g/mol. The van der Waals surface area contributed by atoms with Crippen molar-refractivity contribution < 1.29 is 4.74 Å². The first-order valence-corrected chi connectivity index (χ1v) is 9.51. The second kappa shape index (κ2) is 15.2. The van der Waals surface area contributed by atoms with Crippen LogP contribution in [0, 0.1) is 5.92 Å². The highest BCUT2D eigenvalue weighted by molar-refractivity contribution is 14.0. The lowest BCUT2D eigenvalue weighted by Crippen LogP contribution is -2.42. The predicted molar refractivity (Wildman–Crippen MR) is 115 cm³/mol. The summed E-state index contributed by atoms with van der Waals surface area (Å²) in [6.07, 6.45) is 4.83. The number of ether oxygens (including phenoxy) is 1. The van der Waals surface area contributed by atoms with Crippen molar-refractivity contribution in [1.82, 2.24) is 15.5 Å². The van der Waals surface area contributed by atoms with Crippen molar-refractivity contribution in [2.24, 2.45) is 10.9 Å². The standard InChI is InChI=1S/C18H38N4O.HI/c1-5-19-18(20-11-7-8-13-23-6-2)21-14-17-10-9-12-22(15-17)16(3)4;/h16-17H,5-15H2,1-4H3,(H2,19,20,21);1H. The first-order valence-electron chi connectivity index (χ1n) is 9.51. The third kappa shape index (κ3) is 10.7. The number of piperidine rings is 1. The number of unbranched alkanes of at least 4 members (excludes halogenated alkanes) is 1. The van der Waals surface area contributed by atoms with E-state index in [1.807, 2.05) is 6.92 Å².